The van der Waals surface area contributed by atoms with Gasteiger partial charge < -0.3 is 9.84 Å². The fraction of sp³-hybridized carbons (Fsp3) is 0.857. The van der Waals surface area contributed by atoms with E-state index in [-0.39, 0.29) is 23.3 Å². The maximum absolute atomic E-state index is 10.5. The average molecular weight is 176 g/mol. The second-order valence-electron chi connectivity index (χ2n) is 2.56. The maximum Gasteiger partial charge on any atom is 0.303 e. The number of aliphatic hydroxyl groups excluding tert-OH is 1. The third-order valence-corrected chi connectivity index (χ3v) is 2.97. The topological polar surface area (TPSA) is 46.5 Å². The summed E-state index contributed by atoms with van der Waals surface area (Å²) in [7, 11) is 0. The van der Waals surface area contributed by atoms with Crippen LogP contribution in [0.15, 0.2) is 0 Å². The van der Waals surface area contributed by atoms with Crippen molar-refractivity contribution >= 4 is 17.7 Å². The van der Waals surface area contributed by atoms with Gasteiger partial charge in [-0.05, 0) is 12.8 Å². The minimum Gasteiger partial charge on any atom is -0.451 e. The largest absolute Gasteiger partial charge is 0.451 e. The summed E-state index contributed by atoms with van der Waals surface area (Å²) < 4.78 is 4.96. The molecule has 0 aliphatic carbocycles. The van der Waals surface area contributed by atoms with E-state index in [1.807, 2.05) is 0 Å². The van der Waals surface area contributed by atoms with Crippen molar-refractivity contribution in [2.24, 2.45) is 0 Å². The number of hydrogen-bond acceptors (Lipinski definition) is 4. The summed E-state index contributed by atoms with van der Waals surface area (Å²) in [6, 6.07) is 0. The molecule has 0 bridgehead atoms. The third-order valence-electron chi connectivity index (χ3n) is 1.57. The Balaban J connectivity index is 2.24. The predicted octanol–water partition coefficient (Wildman–Crippen LogP) is 0.764. The molecule has 1 rings (SSSR count). The molecule has 1 N–H and O–H groups in total. The van der Waals surface area contributed by atoms with Gasteiger partial charge in [0.05, 0.1) is 6.61 Å². The fourth-order valence-electron chi connectivity index (χ4n) is 1.08. The molecule has 0 spiro atoms. The molecule has 1 saturated heterocycles. The van der Waals surface area contributed by atoms with Crippen LogP contribution in [0.25, 0.3) is 0 Å². The number of thioether (sulfide) groups is 1. The minimum absolute atomic E-state index is 0.0235. The smallest absolute Gasteiger partial charge is 0.303 e. The summed E-state index contributed by atoms with van der Waals surface area (Å²) in [4.78, 5) is 10.5. The van der Waals surface area contributed by atoms with Gasteiger partial charge in [0.15, 0.2) is 0 Å². The van der Waals surface area contributed by atoms with Crippen LogP contribution in [0.2, 0.25) is 0 Å². The summed E-state index contributed by atoms with van der Waals surface area (Å²) in [5.74, 6) is -0.235. The molecule has 0 aromatic carbocycles. The van der Waals surface area contributed by atoms with E-state index in [0.29, 0.717) is 0 Å². The lowest BCUT2D eigenvalue weighted by Gasteiger charge is -2.08. The van der Waals surface area contributed by atoms with E-state index in [2.05, 4.69) is 0 Å². The molecule has 0 radical (unpaired) electrons. The van der Waals surface area contributed by atoms with E-state index >= 15 is 0 Å². The first-order chi connectivity index (χ1) is 5.22. The van der Waals surface area contributed by atoms with Gasteiger partial charge >= 0.3 is 5.97 Å². The van der Waals surface area contributed by atoms with Crippen LogP contribution in [-0.4, -0.2) is 28.4 Å². The Morgan fingerprint density at radius 1 is 1.73 bits per heavy atom. The Morgan fingerprint density at radius 3 is 2.91 bits per heavy atom. The summed E-state index contributed by atoms with van der Waals surface area (Å²) in [5.41, 5.74) is -0.0235. The molecule has 64 valence electrons. The zero-order valence-corrected chi connectivity index (χ0v) is 7.26. The molecule has 0 saturated carbocycles. The SMILES string of the molecule is CC(=O)OC1CC[C@H](CO)S1. The van der Waals surface area contributed by atoms with Crippen molar-refractivity contribution < 1.29 is 14.6 Å². The molecule has 1 unspecified atom stereocenters. The highest BCUT2D eigenvalue weighted by atomic mass is 32.2. The van der Waals surface area contributed by atoms with E-state index in [1.165, 1.54) is 6.92 Å². The van der Waals surface area contributed by atoms with E-state index in [0.717, 1.165) is 12.8 Å². The zero-order chi connectivity index (χ0) is 8.27. The van der Waals surface area contributed by atoms with Gasteiger partial charge in [-0.3, -0.25) is 4.79 Å². The predicted molar refractivity (Wildman–Crippen MR) is 43.3 cm³/mol. The maximum atomic E-state index is 10.5. The summed E-state index contributed by atoms with van der Waals surface area (Å²) in [6.45, 7) is 1.59. The quantitative estimate of drug-likeness (QED) is 0.631. The summed E-state index contributed by atoms with van der Waals surface area (Å²) in [5, 5.41) is 9.02. The second-order valence-corrected chi connectivity index (χ2v) is 4.02. The number of rotatable bonds is 2. The number of aliphatic hydroxyl groups is 1. The summed E-state index contributed by atoms with van der Waals surface area (Å²) in [6.07, 6.45) is 1.81. The van der Waals surface area contributed by atoms with Gasteiger partial charge in [0.2, 0.25) is 0 Å². The molecule has 11 heavy (non-hydrogen) atoms. The monoisotopic (exact) mass is 176 g/mol. The Labute approximate surface area is 70.1 Å². The van der Waals surface area contributed by atoms with Crippen LogP contribution in [0, 0.1) is 0 Å². The van der Waals surface area contributed by atoms with E-state index in [1.54, 1.807) is 11.8 Å². The Hall–Kier alpha value is -0.220. The van der Waals surface area contributed by atoms with Gasteiger partial charge in [-0.2, -0.15) is 0 Å². The van der Waals surface area contributed by atoms with Crippen molar-refractivity contribution in [2.75, 3.05) is 6.61 Å². The lowest BCUT2D eigenvalue weighted by molar-refractivity contribution is -0.142. The van der Waals surface area contributed by atoms with Crippen LogP contribution in [0.5, 0.6) is 0 Å². The van der Waals surface area contributed by atoms with Crippen molar-refractivity contribution in [2.45, 2.75) is 30.5 Å². The first-order valence-electron chi connectivity index (χ1n) is 3.66. The molecule has 1 fully saturated rings. The molecule has 3 nitrogen and oxygen atoms in total. The first kappa shape index (κ1) is 8.87. The lowest BCUT2D eigenvalue weighted by atomic mass is 10.2. The lowest BCUT2D eigenvalue weighted by Crippen LogP contribution is -2.09. The normalized spacial score (nSPS) is 30.4. The molecule has 0 amide bonds. The number of ether oxygens (including phenoxy) is 1. The van der Waals surface area contributed by atoms with Gasteiger partial charge in [0.25, 0.3) is 0 Å². The van der Waals surface area contributed by atoms with Crippen LogP contribution in [0.3, 0.4) is 0 Å². The van der Waals surface area contributed by atoms with Crippen LogP contribution in [0.4, 0.5) is 0 Å². The first-order valence-corrected chi connectivity index (χ1v) is 4.60. The molecule has 1 heterocycles. The minimum atomic E-state index is -0.235. The Morgan fingerprint density at radius 2 is 2.45 bits per heavy atom. The summed E-state index contributed by atoms with van der Waals surface area (Å²) >= 11 is 1.55. The number of esters is 1. The van der Waals surface area contributed by atoms with Gasteiger partial charge in [0.1, 0.15) is 5.44 Å². The van der Waals surface area contributed by atoms with Crippen molar-refractivity contribution in [3.05, 3.63) is 0 Å². The number of hydrogen-bond donors (Lipinski definition) is 1. The zero-order valence-electron chi connectivity index (χ0n) is 6.45. The van der Waals surface area contributed by atoms with Crippen molar-refractivity contribution in [3.63, 3.8) is 0 Å². The average Bonchev–Trinajstić information content (AvgIpc) is 2.34. The molecular formula is C7H12O3S. The molecule has 1 aliphatic rings. The Bertz CT molecular complexity index is 149. The van der Waals surface area contributed by atoms with Gasteiger partial charge in [0, 0.05) is 12.2 Å². The van der Waals surface area contributed by atoms with Gasteiger partial charge in [-0.15, -0.1) is 11.8 Å². The van der Waals surface area contributed by atoms with Crippen LogP contribution >= 0.6 is 11.8 Å². The van der Waals surface area contributed by atoms with Gasteiger partial charge in [-0.1, -0.05) is 0 Å². The fourth-order valence-corrected chi connectivity index (χ4v) is 2.33. The van der Waals surface area contributed by atoms with Crippen LogP contribution < -0.4 is 0 Å². The van der Waals surface area contributed by atoms with Crippen LogP contribution in [-0.2, 0) is 9.53 Å². The van der Waals surface area contributed by atoms with E-state index in [9.17, 15) is 4.79 Å². The highest BCUT2D eigenvalue weighted by Crippen LogP contribution is 2.33. The molecule has 0 aromatic rings. The highest BCUT2D eigenvalue weighted by molar-refractivity contribution is 8.00. The molecule has 1 aliphatic heterocycles. The van der Waals surface area contributed by atoms with Crippen LogP contribution in [0.1, 0.15) is 19.8 Å². The molecule has 0 aromatic heterocycles. The van der Waals surface area contributed by atoms with E-state index in [4.69, 9.17) is 9.84 Å². The Kier molecular flexibility index (Phi) is 3.20. The van der Waals surface area contributed by atoms with Crippen molar-refractivity contribution in [1.82, 2.24) is 0 Å². The standard InChI is InChI=1S/C7H12O3S/c1-5(9)10-7-3-2-6(4-8)11-7/h6-8H,2-4H2,1H3/t6-,7?/m1/s1. The molecular weight excluding hydrogens is 164 g/mol. The van der Waals surface area contributed by atoms with Crippen molar-refractivity contribution in [1.29, 1.82) is 0 Å². The second kappa shape index (κ2) is 3.97. The van der Waals surface area contributed by atoms with E-state index < -0.39 is 0 Å². The van der Waals surface area contributed by atoms with Crippen molar-refractivity contribution in [3.8, 4) is 0 Å². The number of carbonyl (C=O) groups is 1. The molecule has 2 atom stereocenters. The molecule has 4 heteroatoms. The highest BCUT2D eigenvalue weighted by Gasteiger charge is 2.26. The van der Waals surface area contributed by atoms with Gasteiger partial charge in [-0.25, -0.2) is 0 Å². The number of carbonyl (C=O) groups excluding carboxylic acids is 1. The third kappa shape index (κ3) is 2.71.